The molecule has 0 heterocycles. The number of aromatic hydroxyl groups is 2. The maximum absolute atomic E-state index is 13.0. The Kier molecular flexibility index (Phi) is 5.45. The molecule has 124 valence electrons. The van der Waals surface area contributed by atoms with Gasteiger partial charge in [0.05, 0.1) is 12.8 Å². The molecule has 0 spiro atoms. The van der Waals surface area contributed by atoms with E-state index in [4.69, 9.17) is 5.11 Å². The van der Waals surface area contributed by atoms with Crippen molar-refractivity contribution in [3.63, 3.8) is 0 Å². The van der Waals surface area contributed by atoms with Crippen LogP contribution in [0.2, 0.25) is 0 Å². The van der Waals surface area contributed by atoms with Crippen molar-refractivity contribution in [2.45, 2.75) is 0 Å². The van der Waals surface area contributed by atoms with E-state index in [1.807, 2.05) is 0 Å². The lowest BCUT2D eigenvalue weighted by molar-refractivity contribution is -0.120. The van der Waals surface area contributed by atoms with E-state index in [1.165, 1.54) is 42.6 Å². The zero-order chi connectivity index (χ0) is 17.5. The van der Waals surface area contributed by atoms with E-state index in [-0.39, 0.29) is 23.6 Å². The Bertz CT molecular complexity index is 793. The lowest BCUT2D eigenvalue weighted by atomic mass is 10.2. The highest BCUT2D eigenvalue weighted by Gasteiger charge is 2.08. The third-order valence-electron chi connectivity index (χ3n) is 2.90. The third-order valence-corrected chi connectivity index (χ3v) is 2.90. The fourth-order valence-corrected chi connectivity index (χ4v) is 1.73. The van der Waals surface area contributed by atoms with Crippen LogP contribution in [0.5, 0.6) is 11.5 Å². The van der Waals surface area contributed by atoms with Gasteiger partial charge in [0.25, 0.3) is 11.8 Å². The van der Waals surface area contributed by atoms with Crippen LogP contribution < -0.4 is 10.7 Å². The lowest BCUT2D eigenvalue weighted by Gasteiger charge is -2.04. The third kappa shape index (κ3) is 4.80. The average molecular weight is 331 g/mol. The Labute approximate surface area is 136 Å². The normalized spacial score (nSPS) is 10.5. The summed E-state index contributed by atoms with van der Waals surface area (Å²) in [4.78, 5) is 23.3. The molecule has 24 heavy (non-hydrogen) atoms. The number of nitrogens with one attached hydrogen (secondary N) is 2. The monoisotopic (exact) mass is 331 g/mol. The van der Waals surface area contributed by atoms with Crippen molar-refractivity contribution in [3.8, 4) is 11.5 Å². The van der Waals surface area contributed by atoms with Gasteiger partial charge < -0.3 is 15.5 Å². The van der Waals surface area contributed by atoms with Crippen molar-refractivity contribution >= 4 is 18.0 Å². The molecule has 0 saturated carbocycles. The molecule has 0 saturated heterocycles. The van der Waals surface area contributed by atoms with E-state index in [1.54, 1.807) is 0 Å². The van der Waals surface area contributed by atoms with Gasteiger partial charge >= 0.3 is 0 Å². The fraction of sp³-hybridized carbons (Fsp3) is 0.0625. The first-order valence-electron chi connectivity index (χ1n) is 6.83. The Morgan fingerprint density at radius 3 is 2.62 bits per heavy atom. The van der Waals surface area contributed by atoms with Gasteiger partial charge in [-0.25, -0.2) is 9.82 Å². The van der Waals surface area contributed by atoms with Crippen LogP contribution in [0.4, 0.5) is 4.39 Å². The summed E-state index contributed by atoms with van der Waals surface area (Å²) in [6.45, 7) is -0.340. The number of halogens is 1. The number of hydrazone groups is 1. The number of carbonyl (C=O) groups is 2. The highest BCUT2D eigenvalue weighted by Crippen LogP contribution is 2.23. The number of phenols is 2. The molecule has 4 N–H and O–H groups in total. The molecule has 0 aliphatic heterocycles. The molecule has 2 aromatic rings. The largest absolute Gasteiger partial charge is 0.504 e. The molecule has 2 aromatic carbocycles. The summed E-state index contributed by atoms with van der Waals surface area (Å²) >= 11 is 0. The Hall–Kier alpha value is -3.42. The number of hydrogen-bond donors (Lipinski definition) is 4. The molecule has 0 bridgehead atoms. The Balaban J connectivity index is 1.81. The summed E-state index contributed by atoms with van der Waals surface area (Å²) < 4.78 is 13.0. The predicted octanol–water partition coefficient (Wildman–Crippen LogP) is 1.12. The number of hydrogen-bond acceptors (Lipinski definition) is 5. The van der Waals surface area contributed by atoms with Crippen LogP contribution in [0.1, 0.15) is 15.9 Å². The summed E-state index contributed by atoms with van der Waals surface area (Å²) in [5, 5.41) is 24.4. The highest BCUT2D eigenvalue weighted by atomic mass is 19.1. The topological polar surface area (TPSA) is 111 Å². The molecule has 2 amide bonds. The number of phenolic OH excluding ortho intramolecular Hbond substituents is 2. The van der Waals surface area contributed by atoms with Gasteiger partial charge in [-0.1, -0.05) is 6.07 Å². The van der Waals surface area contributed by atoms with Gasteiger partial charge in [0.15, 0.2) is 11.5 Å². The van der Waals surface area contributed by atoms with Crippen molar-refractivity contribution in [3.05, 3.63) is 59.4 Å². The van der Waals surface area contributed by atoms with Gasteiger partial charge in [-0.15, -0.1) is 0 Å². The minimum atomic E-state index is -0.586. The van der Waals surface area contributed by atoms with Gasteiger partial charge in [-0.2, -0.15) is 5.10 Å². The summed E-state index contributed by atoms with van der Waals surface area (Å²) in [5.41, 5.74) is 2.74. The quantitative estimate of drug-likeness (QED) is 0.374. The van der Waals surface area contributed by atoms with Crippen LogP contribution in [0.25, 0.3) is 0 Å². The van der Waals surface area contributed by atoms with Gasteiger partial charge in [0.2, 0.25) is 0 Å². The second kappa shape index (κ2) is 7.73. The standard InChI is InChI=1S/C16H14FN3O4/c17-12-3-1-2-11(7-12)16(24)18-9-15(23)20-19-8-10-4-5-13(21)14(22)6-10/h1-8,21-22H,9H2,(H,18,24)(H,20,23)/b19-8+. The summed E-state index contributed by atoms with van der Waals surface area (Å²) in [6, 6.07) is 9.10. The summed E-state index contributed by atoms with van der Waals surface area (Å²) in [6.07, 6.45) is 1.26. The molecule has 0 aromatic heterocycles. The minimum absolute atomic E-state index is 0.103. The molecule has 0 atom stereocenters. The number of nitrogens with zero attached hydrogens (tertiary/aromatic N) is 1. The van der Waals surface area contributed by atoms with Gasteiger partial charge in [-0.05, 0) is 42.0 Å². The van der Waals surface area contributed by atoms with Crippen molar-refractivity contribution in [2.24, 2.45) is 5.10 Å². The van der Waals surface area contributed by atoms with Crippen LogP contribution in [0.3, 0.4) is 0 Å². The first-order chi connectivity index (χ1) is 11.5. The molecule has 0 unspecified atom stereocenters. The minimum Gasteiger partial charge on any atom is -0.504 e. The molecule has 0 aliphatic carbocycles. The molecular formula is C16H14FN3O4. The SMILES string of the molecule is O=C(CNC(=O)c1cccc(F)c1)N/N=C/c1ccc(O)c(O)c1. The molecule has 0 radical (unpaired) electrons. The van der Waals surface area contributed by atoms with E-state index in [0.29, 0.717) is 5.56 Å². The molecule has 2 rings (SSSR count). The molecule has 7 nitrogen and oxygen atoms in total. The van der Waals surface area contributed by atoms with E-state index in [2.05, 4.69) is 15.8 Å². The smallest absolute Gasteiger partial charge is 0.259 e. The van der Waals surface area contributed by atoms with Crippen molar-refractivity contribution in [2.75, 3.05) is 6.54 Å². The zero-order valence-electron chi connectivity index (χ0n) is 12.4. The van der Waals surface area contributed by atoms with Crippen molar-refractivity contribution in [1.82, 2.24) is 10.7 Å². The van der Waals surface area contributed by atoms with E-state index < -0.39 is 17.6 Å². The zero-order valence-corrected chi connectivity index (χ0v) is 12.4. The second-order valence-electron chi connectivity index (χ2n) is 4.73. The lowest BCUT2D eigenvalue weighted by Crippen LogP contribution is -2.34. The van der Waals surface area contributed by atoms with E-state index >= 15 is 0 Å². The number of carbonyl (C=O) groups excluding carboxylic acids is 2. The summed E-state index contributed by atoms with van der Waals surface area (Å²) in [7, 11) is 0. The number of amides is 2. The second-order valence-corrected chi connectivity index (χ2v) is 4.73. The van der Waals surface area contributed by atoms with Crippen molar-refractivity contribution < 1.29 is 24.2 Å². The maximum atomic E-state index is 13.0. The number of rotatable bonds is 5. The first-order valence-corrected chi connectivity index (χ1v) is 6.83. The number of benzene rings is 2. The molecular weight excluding hydrogens is 317 g/mol. The molecule has 0 fully saturated rings. The van der Waals surface area contributed by atoms with Gasteiger partial charge in [-0.3, -0.25) is 9.59 Å². The molecule has 8 heteroatoms. The van der Waals surface area contributed by atoms with Gasteiger partial charge in [0.1, 0.15) is 5.82 Å². The van der Waals surface area contributed by atoms with Crippen LogP contribution in [-0.4, -0.2) is 34.8 Å². The van der Waals surface area contributed by atoms with Crippen LogP contribution in [0.15, 0.2) is 47.6 Å². The van der Waals surface area contributed by atoms with Crippen LogP contribution in [0, 0.1) is 5.82 Å². The van der Waals surface area contributed by atoms with Crippen LogP contribution in [-0.2, 0) is 4.79 Å². The van der Waals surface area contributed by atoms with E-state index in [0.717, 1.165) is 6.07 Å². The van der Waals surface area contributed by atoms with E-state index in [9.17, 15) is 19.1 Å². The summed E-state index contributed by atoms with van der Waals surface area (Å²) in [5.74, 6) is -2.30. The first kappa shape index (κ1) is 16.9. The highest BCUT2D eigenvalue weighted by molar-refractivity contribution is 5.96. The molecule has 0 aliphatic rings. The van der Waals surface area contributed by atoms with Gasteiger partial charge in [0, 0.05) is 5.56 Å². The Morgan fingerprint density at radius 1 is 1.12 bits per heavy atom. The maximum Gasteiger partial charge on any atom is 0.259 e. The fourth-order valence-electron chi connectivity index (χ4n) is 1.73. The predicted molar refractivity (Wildman–Crippen MR) is 84.2 cm³/mol. The van der Waals surface area contributed by atoms with Crippen molar-refractivity contribution in [1.29, 1.82) is 0 Å². The Morgan fingerprint density at radius 2 is 1.92 bits per heavy atom. The van der Waals surface area contributed by atoms with Crippen LogP contribution >= 0.6 is 0 Å². The average Bonchev–Trinajstić information content (AvgIpc) is 2.56.